The molecule has 0 atom stereocenters. The van der Waals surface area contributed by atoms with Gasteiger partial charge in [0.15, 0.2) is 16.5 Å². The molecular weight excluding hydrogens is 559 g/mol. The number of aromatic nitrogens is 3. The number of nitrogens with two attached hydrogens (primary N) is 1. The van der Waals surface area contributed by atoms with Crippen molar-refractivity contribution >= 4 is 66.9 Å². The lowest BCUT2D eigenvalue weighted by Gasteiger charge is -2.46. The number of nitrogens with zero attached hydrogens (tertiary/aromatic N) is 5. The number of imide groups is 1. The molecule has 3 aliphatic heterocycles. The van der Waals surface area contributed by atoms with Gasteiger partial charge in [0.25, 0.3) is 5.91 Å². The van der Waals surface area contributed by atoms with Gasteiger partial charge in [-0.05, 0) is 45.1 Å². The molecule has 40 heavy (non-hydrogen) atoms. The summed E-state index contributed by atoms with van der Waals surface area (Å²) in [6.07, 6.45) is 2.83. The highest BCUT2D eigenvalue weighted by Crippen LogP contribution is 2.43. The Morgan fingerprint density at radius 1 is 1.15 bits per heavy atom. The van der Waals surface area contributed by atoms with Gasteiger partial charge in [0.1, 0.15) is 11.3 Å². The molecule has 208 valence electrons. The van der Waals surface area contributed by atoms with Crippen LogP contribution in [0, 0.1) is 5.82 Å². The highest BCUT2D eigenvalue weighted by molar-refractivity contribution is 7.22. The minimum Gasteiger partial charge on any atom is -0.467 e. The zero-order chi connectivity index (χ0) is 28.2. The molecule has 0 unspecified atom stereocenters. The van der Waals surface area contributed by atoms with Gasteiger partial charge in [0.2, 0.25) is 0 Å². The highest BCUT2D eigenvalue weighted by atomic mass is 35.5. The Balaban J connectivity index is 0.000000429. The van der Waals surface area contributed by atoms with Gasteiger partial charge >= 0.3 is 12.0 Å². The molecule has 3 aliphatic rings. The standard InChI is InChI=1S/C21H15ClFN7O3S.C5H11N/c1-33-20-26-15-9(16(27-20)30-6-21(7-30)17(31)28-19(32)29-21)5-10(22)12(13(15)23)8-3-2-4-11-14(8)25-18(24)34-11;1-6-4-2-3-5-6/h2-5H,6-7H2,1H3,(H2,24,25)(H2,28,29,31,32);2-5H2,1H3. The van der Waals surface area contributed by atoms with Crippen LogP contribution in [0.25, 0.3) is 32.2 Å². The molecule has 3 fully saturated rings. The summed E-state index contributed by atoms with van der Waals surface area (Å²) < 4.78 is 22.0. The van der Waals surface area contributed by atoms with E-state index in [0.717, 1.165) is 4.70 Å². The molecule has 3 saturated heterocycles. The van der Waals surface area contributed by atoms with E-state index < -0.39 is 23.3 Å². The normalized spacial score (nSPS) is 18.1. The predicted octanol–water partition coefficient (Wildman–Crippen LogP) is 3.40. The predicted molar refractivity (Wildman–Crippen MR) is 152 cm³/mol. The molecule has 2 aromatic heterocycles. The van der Waals surface area contributed by atoms with E-state index in [4.69, 9.17) is 22.1 Å². The molecule has 0 aliphatic carbocycles. The van der Waals surface area contributed by atoms with E-state index >= 15 is 4.39 Å². The van der Waals surface area contributed by atoms with Crippen LogP contribution in [0.3, 0.4) is 0 Å². The Morgan fingerprint density at radius 2 is 1.90 bits per heavy atom. The van der Waals surface area contributed by atoms with Crippen molar-refractivity contribution in [3.05, 3.63) is 35.1 Å². The van der Waals surface area contributed by atoms with Crippen molar-refractivity contribution in [1.82, 2.24) is 30.5 Å². The summed E-state index contributed by atoms with van der Waals surface area (Å²) in [5.74, 6) is -0.739. The Kier molecular flexibility index (Phi) is 6.59. The number of hydrogen-bond acceptors (Lipinski definition) is 10. The summed E-state index contributed by atoms with van der Waals surface area (Å²) in [5.41, 5.74) is 5.99. The van der Waals surface area contributed by atoms with Gasteiger partial charge in [0, 0.05) is 16.5 Å². The first kappa shape index (κ1) is 26.4. The lowest BCUT2D eigenvalue weighted by atomic mass is 9.89. The van der Waals surface area contributed by atoms with Gasteiger partial charge < -0.3 is 25.6 Å². The van der Waals surface area contributed by atoms with E-state index in [9.17, 15) is 9.59 Å². The maximum atomic E-state index is 16.0. The van der Waals surface area contributed by atoms with Gasteiger partial charge in [-0.1, -0.05) is 35.1 Å². The average molecular weight is 585 g/mol. The molecule has 5 heterocycles. The molecular formula is C26H26ClFN8O3S. The number of urea groups is 1. The number of carbonyl (C=O) groups excluding carboxylic acids is 2. The van der Waals surface area contributed by atoms with Crippen LogP contribution in [0.15, 0.2) is 24.3 Å². The fourth-order valence-electron chi connectivity index (χ4n) is 5.29. The molecule has 4 N–H and O–H groups in total. The average Bonchev–Trinajstić information content (AvgIpc) is 3.61. The number of amides is 3. The first-order chi connectivity index (χ1) is 19.2. The smallest absolute Gasteiger partial charge is 0.322 e. The number of fused-ring (bicyclic) bond motifs is 2. The van der Waals surface area contributed by atoms with Crippen LogP contribution in [0.2, 0.25) is 5.02 Å². The largest absolute Gasteiger partial charge is 0.467 e. The summed E-state index contributed by atoms with van der Waals surface area (Å²) in [6.45, 7) is 2.94. The summed E-state index contributed by atoms with van der Waals surface area (Å²) in [5, 5.41) is 5.71. The van der Waals surface area contributed by atoms with Gasteiger partial charge in [-0.2, -0.15) is 9.97 Å². The van der Waals surface area contributed by atoms with E-state index in [-0.39, 0.29) is 35.2 Å². The van der Waals surface area contributed by atoms with Gasteiger partial charge in [-0.25, -0.2) is 14.2 Å². The van der Waals surface area contributed by atoms with Crippen molar-refractivity contribution < 1.29 is 18.7 Å². The number of para-hydroxylation sites is 1. The number of likely N-dealkylation sites (tertiary alicyclic amines) is 1. The molecule has 11 nitrogen and oxygen atoms in total. The minimum atomic E-state index is -1.05. The maximum Gasteiger partial charge on any atom is 0.322 e. The molecule has 4 aromatic rings. The third-order valence-corrected chi connectivity index (χ3v) is 8.44. The molecule has 0 bridgehead atoms. The lowest BCUT2D eigenvalue weighted by Crippen LogP contribution is -2.71. The number of rotatable bonds is 3. The van der Waals surface area contributed by atoms with Crippen molar-refractivity contribution in [2.75, 3.05) is 51.0 Å². The topological polar surface area (TPSA) is 139 Å². The van der Waals surface area contributed by atoms with Crippen LogP contribution >= 0.6 is 22.9 Å². The van der Waals surface area contributed by atoms with Gasteiger partial charge in [-0.3, -0.25) is 10.1 Å². The van der Waals surface area contributed by atoms with Crippen LogP contribution in [0.4, 0.5) is 20.1 Å². The number of nitrogens with one attached hydrogen (secondary N) is 2. The van der Waals surface area contributed by atoms with Crippen molar-refractivity contribution in [1.29, 1.82) is 0 Å². The SMILES string of the molecule is CN1CCCC1.COc1nc(N2CC3(C2)NC(=O)NC3=O)c2cc(Cl)c(-c3cccc4sc(N)nc34)c(F)c2n1. The maximum absolute atomic E-state index is 16.0. The molecule has 3 amide bonds. The molecule has 0 saturated carbocycles. The number of anilines is 2. The number of halogens is 2. The Labute approximate surface area is 237 Å². The second-order valence-electron chi connectivity index (χ2n) is 10.0. The summed E-state index contributed by atoms with van der Waals surface area (Å²) in [4.78, 5) is 40.8. The minimum absolute atomic E-state index is 0.00214. The first-order valence-electron chi connectivity index (χ1n) is 12.7. The van der Waals surface area contributed by atoms with Crippen LogP contribution in [-0.2, 0) is 4.79 Å². The van der Waals surface area contributed by atoms with Gasteiger partial charge in [0.05, 0.1) is 35.4 Å². The van der Waals surface area contributed by atoms with E-state index in [1.165, 1.54) is 44.4 Å². The van der Waals surface area contributed by atoms with E-state index in [2.05, 4.69) is 37.5 Å². The quantitative estimate of drug-likeness (QED) is 0.309. The second kappa shape index (κ2) is 9.98. The second-order valence-corrected chi connectivity index (χ2v) is 11.5. The van der Waals surface area contributed by atoms with Crippen LogP contribution in [0.1, 0.15) is 12.8 Å². The number of ether oxygens (including phenoxy) is 1. The van der Waals surface area contributed by atoms with Crippen LogP contribution in [0.5, 0.6) is 6.01 Å². The summed E-state index contributed by atoms with van der Waals surface area (Å²) in [6, 6.07) is 6.33. The van der Waals surface area contributed by atoms with Gasteiger partial charge in [-0.15, -0.1) is 0 Å². The van der Waals surface area contributed by atoms with E-state index in [1.54, 1.807) is 23.1 Å². The van der Waals surface area contributed by atoms with Crippen LogP contribution < -0.4 is 26.0 Å². The molecule has 7 rings (SSSR count). The number of hydrogen-bond donors (Lipinski definition) is 3. The highest BCUT2D eigenvalue weighted by Gasteiger charge is 2.55. The molecule has 1 spiro atoms. The zero-order valence-electron chi connectivity index (χ0n) is 21.8. The van der Waals surface area contributed by atoms with E-state index in [0.29, 0.717) is 27.4 Å². The molecule has 0 radical (unpaired) electrons. The van der Waals surface area contributed by atoms with Crippen molar-refractivity contribution in [2.24, 2.45) is 0 Å². The fraction of sp³-hybridized carbons (Fsp3) is 0.346. The Morgan fingerprint density at radius 3 is 2.52 bits per heavy atom. The molecule has 2 aromatic carbocycles. The number of methoxy groups -OCH3 is 1. The summed E-state index contributed by atoms with van der Waals surface area (Å²) >= 11 is 7.90. The monoisotopic (exact) mass is 584 g/mol. The number of carbonyl (C=O) groups is 2. The van der Waals surface area contributed by atoms with E-state index in [1.807, 2.05) is 6.07 Å². The third-order valence-electron chi connectivity index (χ3n) is 7.30. The third kappa shape index (κ3) is 4.43. The first-order valence-corrected chi connectivity index (χ1v) is 13.8. The van der Waals surface area contributed by atoms with Crippen molar-refractivity contribution in [3.63, 3.8) is 0 Å². The lowest BCUT2D eigenvalue weighted by molar-refractivity contribution is -0.124. The number of benzene rings is 2. The fourth-order valence-corrected chi connectivity index (χ4v) is 6.34. The molecule has 14 heteroatoms. The Hall–Kier alpha value is -3.81. The van der Waals surface area contributed by atoms with Crippen LogP contribution in [-0.4, -0.2) is 77.7 Å². The van der Waals surface area contributed by atoms with Crippen molar-refractivity contribution in [3.8, 4) is 17.1 Å². The Bertz CT molecular complexity index is 1670. The van der Waals surface area contributed by atoms with Crippen molar-refractivity contribution in [2.45, 2.75) is 18.4 Å². The zero-order valence-corrected chi connectivity index (χ0v) is 23.3. The number of nitrogen functional groups attached to an aromatic ring is 1. The number of thiazole rings is 1. The summed E-state index contributed by atoms with van der Waals surface area (Å²) in [7, 11) is 3.55.